The van der Waals surface area contributed by atoms with Crippen molar-refractivity contribution in [2.75, 3.05) is 14.2 Å². The van der Waals surface area contributed by atoms with Crippen LogP contribution in [0.25, 0.3) is 6.08 Å². The maximum atomic E-state index is 12.5. The summed E-state index contributed by atoms with van der Waals surface area (Å²) in [5.41, 5.74) is 3.41. The predicted molar refractivity (Wildman–Crippen MR) is 126 cm³/mol. The fraction of sp³-hybridized carbons (Fsp3) is 0.222. The lowest BCUT2D eigenvalue weighted by Gasteiger charge is -2.12. The molecule has 0 aromatic heterocycles. The number of phenols is 1. The summed E-state index contributed by atoms with van der Waals surface area (Å²) in [5.74, 6) is 2.03. The Hall–Kier alpha value is -3.73. The second-order valence-corrected chi connectivity index (χ2v) is 7.67. The van der Waals surface area contributed by atoms with Gasteiger partial charge in [-0.25, -0.2) is 0 Å². The summed E-state index contributed by atoms with van der Waals surface area (Å²) in [5, 5.41) is 9.70. The molecule has 5 nitrogen and oxygen atoms in total. The third kappa shape index (κ3) is 5.70. The van der Waals surface area contributed by atoms with E-state index in [0.29, 0.717) is 18.1 Å². The topological polar surface area (TPSA) is 65.0 Å². The van der Waals surface area contributed by atoms with Gasteiger partial charge in [0.25, 0.3) is 0 Å². The highest BCUT2D eigenvalue weighted by Crippen LogP contribution is 2.27. The summed E-state index contributed by atoms with van der Waals surface area (Å²) >= 11 is 0. The molecular weight excluding hydrogens is 404 g/mol. The molecule has 0 aliphatic heterocycles. The molecule has 0 atom stereocenters. The van der Waals surface area contributed by atoms with Gasteiger partial charge >= 0.3 is 0 Å². The van der Waals surface area contributed by atoms with Crippen molar-refractivity contribution in [1.82, 2.24) is 0 Å². The first-order valence-corrected chi connectivity index (χ1v) is 10.4. The zero-order valence-electron chi connectivity index (χ0n) is 18.8. The molecule has 1 N–H and O–H groups in total. The summed E-state index contributed by atoms with van der Waals surface area (Å²) in [6, 6.07) is 18.3. The molecule has 3 aromatic rings. The zero-order chi connectivity index (χ0) is 23.1. The van der Waals surface area contributed by atoms with E-state index in [4.69, 9.17) is 14.2 Å². The van der Waals surface area contributed by atoms with Gasteiger partial charge in [0, 0.05) is 11.1 Å². The highest BCUT2D eigenvalue weighted by atomic mass is 16.5. The van der Waals surface area contributed by atoms with E-state index >= 15 is 0 Å². The Balaban J connectivity index is 1.73. The van der Waals surface area contributed by atoms with E-state index < -0.39 is 0 Å². The van der Waals surface area contributed by atoms with Crippen LogP contribution in [0.3, 0.4) is 0 Å². The van der Waals surface area contributed by atoms with Crippen LogP contribution in [0.5, 0.6) is 23.0 Å². The fourth-order valence-electron chi connectivity index (χ4n) is 3.22. The van der Waals surface area contributed by atoms with Crippen LogP contribution in [0.15, 0.2) is 66.7 Å². The van der Waals surface area contributed by atoms with Gasteiger partial charge in [0.05, 0.1) is 14.2 Å². The average molecular weight is 433 g/mol. The summed E-state index contributed by atoms with van der Waals surface area (Å²) in [7, 11) is 3.06. The predicted octanol–water partition coefficient (Wildman–Crippen LogP) is 6.01. The van der Waals surface area contributed by atoms with Crippen molar-refractivity contribution >= 4 is 11.9 Å². The Labute approximate surface area is 188 Å². The van der Waals surface area contributed by atoms with Crippen LogP contribution in [0.1, 0.15) is 46.8 Å². The minimum Gasteiger partial charge on any atom is -0.504 e. The van der Waals surface area contributed by atoms with E-state index in [-0.39, 0.29) is 17.3 Å². The van der Waals surface area contributed by atoms with Gasteiger partial charge < -0.3 is 19.3 Å². The Bertz CT molecular complexity index is 1100. The SMILES string of the molecule is COc1cc(C(=O)/C=C/c2ccc(OC)c(COc3ccc(C(C)C)cc3)c2)ccc1O. The molecule has 0 unspecified atom stereocenters. The van der Waals surface area contributed by atoms with Crippen LogP contribution >= 0.6 is 0 Å². The molecule has 0 aliphatic rings. The second kappa shape index (κ2) is 10.5. The van der Waals surface area contributed by atoms with Gasteiger partial charge in [-0.15, -0.1) is 0 Å². The first-order chi connectivity index (χ1) is 15.4. The Morgan fingerprint density at radius 1 is 0.938 bits per heavy atom. The quantitative estimate of drug-likeness (QED) is 0.331. The first kappa shape index (κ1) is 22.9. The van der Waals surface area contributed by atoms with Gasteiger partial charge in [0.15, 0.2) is 17.3 Å². The molecule has 0 fully saturated rings. The van der Waals surface area contributed by atoms with Gasteiger partial charge in [-0.2, -0.15) is 0 Å². The van der Waals surface area contributed by atoms with Crippen molar-refractivity contribution in [3.05, 3.63) is 89.0 Å². The molecule has 32 heavy (non-hydrogen) atoms. The third-order valence-electron chi connectivity index (χ3n) is 5.14. The van der Waals surface area contributed by atoms with Gasteiger partial charge in [-0.1, -0.05) is 38.1 Å². The van der Waals surface area contributed by atoms with Crippen molar-refractivity contribution in [1.29, 1.82) is 0 Å². The normalized spacial score (nSPS) is 11.0. The Morgan fingerprint density at radius 2 is 1.66 bits per heavy atom. The molecule has 0 bridgehead atoms. The molecule has 0 amide bonds. The summed E-state index contributed by atoms with van der Waals surface area (Å²) in [6.45, 7) is 4.65. The number of benzene rings is 3. The minimum atomic E-state index is -0.192. The maximum Gasteiger partial charge on any atom is 0.185 e. The molecule has 0 saturated carbocycles. The Morgan fingerprint density at radius 3 is 2.31 bits per heavy atom. The van der Waals surface area contributed by atoms with E-state index in [1.54, 1.807) is 19.3 Å². The average Bonchev–Trinajstić information content (AvgIpc) is 2.81. The van der Waals surface area contributed by atoms with Gasteiger partial charge in [-0.3, -0.25) is 4.79 Å². The molecule has 166 valence electrons. The summed E-state index contributed by atoms with van der Waals surface area (Å²) in [6.07, 6.45) is 3.23. The van der Waals surface area contributed by atoms with Crippen LogP contribution in [0.2, 0.25) is 0 Å². The molecule has 0 radical (unpaired) electrons. The molecule has 0 spiro atoms. The number of methoxy groups -OCH3 is 2. The van der Waals surface area contributed by atoms with Crippen LogP contribution < -0.4 is 14.2 Å². The van der Waals surface area contributed by atoms with Crippen LogP contribution in [-0.4, -0.2) is 25.1 Å². The number of ether oxygens (including phenoxy) is 3. The van der Waals surface area contributed by atoms with E-state index in [9.17, 15) is 9.90 Å². The summed E-state index contributed by atoms with van der Waals surface area (Å²) in [4.78, 5) is 12.5. The van der Waals surface area contributed by atoms with Gasteiger partial charge in [-0.05, 0) is 65.6 Å². The fourth-order valence-corrected chi connectivity index (χ4v) is 3.22. The lowest BCUT2D eigenvalue weighted by atomic mass is 10.0. The number of rotatable bonds is 9. The number of aromatic hydroxyl groups is 1. The van der Waals surface area contributed by atoms with E-state index in [1.807, 2.05) is 30.3 Å². The molecule has 5 heteroatoms. The van der Waals surface area contributed by atoms with Crippen molar-refractivity contribution in [2.45, 2.75) is 26.4 Å². The number of carbonyl (C=O) groups is 1. The molecule has 0 heterocycles. The minimum absolute atomic E-state index is 0.00771. The molecule has 3 rings (SSSR count). The van der Waals surface area contributed by atoms with Crippen LogP contribution in [-0.2, 0) is 6.61 Å². The Kier molecular flexibility index (Phi) is 7.55. The van der Waals surface area contributed by atoms with Crippen LogP contribution in [0.4, 0.5) is 0 Å². The lowest BCUT2D eigenvalue weighted by molar-refractivity contribution is 0.104. The second-order valence-electron chi connectivity index (χ2n) is 7.67. The molecule has 0 aliphatic carbocycles. The highest BCUT2D eigenvalue weighted by Gasteiger charge is 2.09. The van der Waals surface area contributed by atoms with Crippen molar-refractivity contribution < 1.29 is 24.1 Å². The number of carbonyl (C=O) groups excluding carboxylic acids is 1. The lowest BCUT2D eigenvalue weighted by Crippen LogP contribution is -2.00. The molecule has 0 saturated heterocycles. The van der Waals surface area contributed by atoms with Crippen molar-refractivity contribution in [3.8, 4) is 23.0 Å². The smallest absolute Gasteiger partial charge is 0.185 e. The van der Waals surface area contributed by atoms with E-state index in [0.717, 1.165) is 22.6 Å². The van der Waals surface area contributed by atoms with E-state index in [2.05, 4.69) is 26.0 Å². The third-order valence-corrected chi connectivity index (χ3v) is 5.14. The van der Waals surface area contributed by atoms with Crippen molar-refractivity contribution in [3.63, 3.8) is 0 Å². The zero-order valence-corrected chi connectivity index (χ0v) is 18.8. The first-order valence-electron chi connectivity index (χ1n) is 10.4. The number of hydrogen-bond acceptors (Lipinski definition) is 5. The monoisotopic (exact) mass is 432 g/mol. The molecular formula is C27H28O5. The molecule has 3 aromatic carbocycles. The van der Waals surface area contributed by atoms with Gasteiger partial charge in [0.1, 0.15) is 18.1 Å². The van der Waals surface area contributed by atoms with E-state index in [1.165, 1.54) is 30.9 Å². The highest BCUT2D eigenvalue weighted by molar-refractivity contribution is 6.07. The number of allylic oxidation sites excluding steroid dienone is 1. The largest absolute Gasteiger partial charge is 0.504 e. The summed E-state index contributed by atoms with van der Waals surface area (Å²) < 4.78 is 16.5. The number of ketones is 1. The standard InChI is InChI=1S/C27H28O5/c1-18(2)20-7-10-23(11-8-20)32-17-22-15-19(6-14-26(22)30-3)5-12-24(28)21-9-13-25(29)27(16-21)31-4/h5-16,18,29H,17H2,1-4H3/b12-5+. The number of phenolic OH excluding ortho intramolecular Hbond substituents is 1. The van der Waals surface area contributed by atoms with Gasteiger partial charge in [0.2, 0.25) is 0 Å². The maximum absolute atomic E-state index is 12.5. The van der Waals surface area contributed by atoms with Crippen LogP contribution in [0, 0.1) is 0 Å². The number of hydrogen-bond donors (Lipinski definition) is 1. The van der Waals surface area contributed by atoms with Crippen molar-refractivity contribution in [2.24, 2.45) is 0 Å².